The number of fused-ring (bicyclic) bond motifs is 1. The van der Waals surface area contributed by atoms with Crippen molar-refractivity contribution in [2.24, 2.45) is 11.8 Å². The van der Waals surface area contributed by atoms with Gasteiger partial charge < -0.3 is 14.9 Å². The third-order valence-corrected chi connectivity index (χ3v) is 2.81. The third kappa shape index (κ3) is 1.19. The minimum atomic E-state index is -0.899. The van der Waals surface area contributed by atoms with Crippen LogP contribution >= 0.6 is 0 Å². The SMILES string of the molecule is COC(=O)C1=C[C@H]2C=C[C@@H]1C(O)C2O. The fourth-order valence-corrected chi connectivity index (χ4v) is 2.00. The lowest BCUT2D eigenvalue weighted by Crippen LogP contribution is -2.45. The van der Waals surface area contributed by atoms with Crippen molar-refractivity contribution in [2.45, 2.75) is 12.2 Å². The third-order valence-electron chi connectivity index (χ3n) is 2.81. The Morgan fingerprint density at radius 3 is 2.64 bits per heavy atom. The first kappa shape index (κ1) is 9.43. The highest BCUT2D eigenvalue weighted by Gasteiger charge is 2.41. The standard InChI is InChI=1S/C10H12O4/c1-14-10(13)7-4-5-2-3-6(7)9(12)8(5)11/h2-6,8-9,11-12H,1H3/t5-,6+,8?,9?/m1/s1. The summed E-state index contributed by atoms with van der Waals surface area (Å²) in [5, 5.41) is 19.2. The number of hydrogen-bond acceptors (Lipinski definition) is 4. The summed E-state index contributed by atoms with van der Waals surface area (Å²) in [5.74, 6) is -1.14. The molecule has 4 nitrogen and oxygen atoms in total. The molecular weight excluding hydrogens is 184 g/mol. The number of carbonyl (C=O) groups is 1. The second kappa shape index (κ2) is 3.22. The van der Waals surface area contributed by atoms with Crippen LogP contribution in [0.25, 0.3) is 0 Å². The van der Waals surface area contributed by atoms with Crippen LogP contribution in [0.2, 0.25) is 0 Å². The van der Waals surface area contributed by atoms with Gasteiger partial charge in [-0.05, 0) is 0 Å². The van der Waals surface area contributed by atoms with Crippen LogP contribution in [0.3, 0.4) is 0 Å². The largest absolute Gasteiger partial charge is 0.466 e. The molecule has 0 saturated carbocycles. The van der Waals surface area contributed by atoms with Crippen molar-refractivity contribution < 1.29 is 19.7 Å². The van der Waals surface area contributed by atoms with Crippen LogP contribution in [0.4, 0.5) is 0 Å². The van der Waals surface area contributed by atoms with Crippen LogP contribution in [0, 0.1) is 11.8 Å². The second-order valence-electron chi connectivity index (χ2n) is 3.58. The fourth-order valence-electron chi connectivity index (χ4n) is 2.00. The van der Waals surface area contributed by atoms with Crippen LogP contribution in [0.1, 0.15) is 0 Å². The Morgan fingerprint density at radius 1 is 1.36 bits per heavy atom. The van der Waals surface area contributed by atoms with Crippen molar-refractivity contribution in [1.82, 2.24) is 0 Å². The predicted octanol–water partition coefficient (Wildman–Crippen LogP) is -0.377. The highest BCUT2D eigenvalue weighted by Crippen LogP contribution is 2.36. The number of carbonyl (C=O) groups excluding carboxylic acids is 1. The molecule has 0 spiro atoms. The van der Waals surface area contributed by atoms with Crippen LogP contribution < -0.4 is 0 Å². The molecule has 4 atom stereocenters. The number of esters is 1. The zero-order valence-corrected chi connectivity index (χ0v) is 7.75. The van der Waals surface area contributed by atoms with E-state index in [0.29, 0.717) is 5.57 Å². The number of ether oxygens (including phenoxy) is 1. The second-order valence-corrected chi connectivity index (χ2v) is 3.58. The van der Waals surface area contributed by atoms with E-state index in [1.807, 2.05) is 0 Å². The zero-order chi connectivity index (χ0) is 10.3. The van der Waals surface area contributed by atoms with Crippen LogP contribution in [-0.4, -0.2) is 35.5 Å². The summed E-state index contributed by atoms with van der Waals surface area (Å²) in [6, 6.07) is 0. The number of aliphatic hydroxyl groups excluding tert-OH is 2. The summed E-state index contributed by atoms with van der Waals surface area (Å²) in [6.07, 6.45) is 3.50. The van der Waals surface area contributed by atoms with Crippen molar-refractivity contribution in [3.05, 3.63) is 23.8 Å². The van der Waals surface area contributed by atoms with E-state index in [-0.39, 0.29) is 5.92 Å². The Bertz CT molecular complexity index is 318. The molecule has 3 rings (SSSR count). The highest BCUT2D eigenvalue weighted by molar-refractivity contribution is 5.90. The van der Waals surface area contributed by atoms with E-state index in [1.165, 1.54) is 7.11 Å². The van der Waals surface area contributed by atoms with Gasteiger partial charge in [0, 0.05) is 17.4 Å². The lowest BCUT2D eigenvalue weighted by molar-refractivity contribution is -0.138. The maximum absolute atomic E-state index is 11.3. The molecule has 0 aromatic heterocycles. The maximum atomic E-state index is 11.3. The Morgan fingerprint density at radius 2 is 2.07 bits per heavy atom. The first-order valence-corrected chi connectivity index (χ1v) is 4.49. The van der Waals surface area contributed by atoms with Crippen molar-refractivity contribution in [2.75, 3.05) is 7.11 Å². The quantitative estimate of drug-likeness (QED) is 0.443. The number of aliphatic hydroxyl groups is 2. The molecule has 76 valence electrons. The Balaban J connectivity index is 2.32. The van der Waals surface area contributed by atoms with Crippen LogP contribution in [0.5, 0.6) is 0 Å². The van der Waals surface area contributed by atoms with Gasteiger partial charge in [-0.15, -0.1) is 0 Å². The topological polar surface area (TPSA) is 66.8 Å². The molecule has 0 fully saturated rings. The van der Waals surface area contributed by atoms with E-state index in [4.69, 9.17) is 0 Å². The van der Waals surface area contributed by atoms with Crippen LogP contribution in [-0.2, 0) is 9.53 Å². The van der Waals surface area contributed by atoms with E-state index in [0.717, 1.165) is 0 Å². The fraction of sp³-hybridized carbons (Fsp3) is 0.500. The Labute approximate surface area is 81.5 Å². The monoisotopic (exact) mass is 196 g/mol. The highest BCUT2D eigenvalue weighted by atomic mass is 16.5. The van der Waals surface area contributed by atoms with Crippen molar-refractivity contribution >= 4 is 5.97 Å². The van der Waals surface area contributed by atoms with E-state index >= 15 is 0 Å². The summed E-state index contributed by atoms with van der Waals surface area (Å²) in [7, 11) is 1.30. The average Bonchev–Trinajstić information content (AvgIpc) is 2.23. The van der Waals surface area contributed by atoms with Gasteiger partial charge in [-0.25, -0.2) is 4.79 Å². The minimum Gasteiger partial charge on any atom is -0.466 e. The summed E-state index contributed by atoms with van der Waals surface area (Å²) in [6.45, 7) is 0. The molecule has 3 aliphatic rings. The molecule has 0 saturated heterocycles. The molecule has 2 bridgehead atoms. The van der Waals surface area contributed by atoms with Gasteiger partial charge in [0.1, 0.15) is 0 Å². The molecule has 14 heavy (non-hydrogen) atoms. The summed E-state index contributed by atoms with van der Waals surface area (Å²) < 4.78 is 4.59. The normalized spacial score (nSPS) is 39.5. The summed E-state index contributed by atoms with van der Waals surface area (Å²) >= 11 is 0. The molecule has 0 heterocycles. The van der Waals surface area contributed by atoms with E-state index in [9.17, 15) is 15.0 Å². The molecule has 4 heteroatoms. The van der Waals surface area contributed by atoms with Gasteiger partial charge in [0.15, 0.2) is 0 Å². The van der Waals surface area contributed by atoms with Gasteiger partial charge in [-0.2, -0.15) is 0 Å². The van der Waals surface area contributed by atoms with E-state index < -0.39 is 24.1 Å². The predicted molar refractivity (Wildman–Crippen MR) is 48.2 cm³/mol. The molecule has 3 aliphatic carbocycles. The van der Waals surface area contributed by atoms with Gasteiger partial charge in [-0.3, -0.25) is 0 Å². The zero-order valence-electron chi connectivity index (χ0n) is 7.75. The van der Waals surface area contributed by atoms with Gasteiger partial charge in [0.2, 0.25) is 0 Å². The van der Waals surface area contributed by atoms with Crippen LogP contribution in [0.15, 0.2) is 23.8 Å². The molecule has 0 radical (unpaired) electrons. The summed E-state index contributed by atoms with van der Waals surface area (Å²) in [5.41, 5.74) is 0.442. The Hall–Kier alpha value is -1.13. The number of methoxy groups -OCH3 is 1. The van der Waals surface area contributed by atoms with Crippen molar-refractivity contribution in [3.8, 4) is 0 Å². The average molecular weight is 196 g/mol. The minimum absolute atomic E-state index is 0.274. The number of rotatable bonds is 1. The molecule has 0 aromatic carbocycles. The first-order valence-electron chi connectivity index (χ1n) is 4.49. The molecule has 0 amide bonds. The van der Waals surface area contributed by atoms with Gasteiger partial charge >= 0.3 is 5.97 Å². The smallest absolute Gasteiger partial charge is 0.334 e. The van der Waals surface area contributed by atoms with E-state index in [2.05, 4.69) is 4.74 Å². The van der Waals surface area contributed by atoms with Gasteiger partial charge in [0.05, 0.1) is 19.3 Å². The summed E-state index contributed by atoms with van der Waals surface area (Å²) in [4.78, 5) is 11.3. The molecule has 2 unspecified atom stereocenters. The Kier molecular flexibility index (Phi) is 2.17. The molecular formula is C10H12O4. The van der Waals surface area contributed by atoms with Gasteiger partial charge in [-0.1, -0.05) is 18.2 Å². The lowest BCUT2D eigenvalue weighted by Gasteiger charge is -2.37. The van der Waals surface area contributed by atoms with Gasteiger partial charge in [0.25, 0.3) is 0 Å². The first-order chi connectivity index (χ1) is 6.65. The lowest BCUT2D eigenvalue weighted by atomic mass is 9.73. The number of hydrogen-bond donors (Lipinski definition) is 2. The van der Waals surface area contributed by atoms with Crippen molar-refractivity contribution in [3.63, 3.8) is 0 Å². The van der Waals surface area contributed by atoms with E-state index in [1.54, 1.807) is 18.2 Å². The van der Waals surface area contributed by atoms with Crippen molar-refractivity contribution in [1.29, 1.82) is 0 Å². The maximum Gasteiger partial charge on any atom is 0.334 e. The molecule has 0 aliphatic heterocycles. The molecule has 0 aromatic rings. The molecule has 2 N–H and O–H groups in total.